The molecule has 1 amide bonds. The minimum atomic E-state index is -0.309. The molecule has 6 nitrogen and oxygen atoms in total. The summed E-state index contributed by atoms with van der Waals surface area (Å²) in [4.78, 5) is 26.4. The predicted octanol–water partition coefficient (Wildman–Crippen LogP) is 2.22. The lowest BCUT2D eigenvalue weighted by molar-refractivity contribution is 0.0949. The summed E-state index contributed by atoms with van der Waals surface area (Å²) < 4.78 is 1.22. The van der Waals surface area contributed by atoms with E-state index in [1.54, 1.807) is 25.4 Å². The molecule has 2 aromatic rings. The highest BCUT2D eigenvalue weighted by atomic mass is 35.5. The van der Waals surface area contributed by atoms with E-state index in [9.17, 15) is 9.59 Å². The Hall–Kier alpha value is -2.34. The molecule has 3 rings (SSSR count). The molecule has 1 aromatic heterocycles. The first-order valence-corrected chi connectivity index (χ1v) is 8.77. The van der Waals surface area contributed by atoms with Crippen LogP contribution in [0.25, 0.3) is 0 Å². The van der Waals surface area contributed by atoms with E-state index in [2.05, 4.69) is 15.3 Å². The summed E-state index contributed by atoms with van der Waals surface area (Å²) in [5.41, 5.74) is 0.971. The van der Waals surface area contributed by atoms with Gasteiger partial charge < -0.3 is 10.2 Å². The second-order valence-corrected chi connectivity index (χ2v) is 6.57. The summed E-state index contributed by atoms with van der Waals surface area (Å²) >= 11 is 6.25. The molecule has 1 aromatic carbocycles. The van der Waals surface area contributed by atoms with Crippen molar-refractivity contribution in [3.63, 3.8) is 0 Å². The Morgan fingerprint density at radius 1 is 1.32 bits per heavy atom. The zero-order valence-electron chi connectivity index (χ0n) is 14.1. The third-order valence-electron chi connectivity index (χ3n) is 4.53. The third kappa shape index (κ3) is 3.85. The van der Waals surface area contributed by atoms with Gasteiger partial charge in [-0.15, -0.1) is 0 Å². The molecule has 1 fully saturated rings. The van der Waals surface area contributed by atoms with Gasteiger partial charge in [0.05, 0.1) is 11.9 Å². The number of nitrogens with one attached hydrogen (secondary N) is 1. The van der Waals surface area contributed by atoms with Crippen LogP contribution in [-0.4, -0.2) is 34.8 Å². The van der Waals surface area contributed by atoms with Gasteiger partial charge >= 0.3 is 0 Å². The van der Waals surface area contributed by atoms with Gasteiger partial charge in [0.15, 0.2) is 0 Å². The molecule has 0 aliphatic carbocycles. The maximum atomic E-state index is 12.3. The Labute approximate surface area is 151 Å². The number of carbonyl (C=O) groups excluding carboxylic acids is 1. The number of carbonyl (C=O) groups is 1. The summed E-state index contributed by atoms with van der Waals surface area (Å²) in [6.45, 7) is 1.29. The van der Waals surface area contributed by atoms with E-state index in [1.807, 2.05) is 18.2 Å². The number of hydrogen-bond donors (Lipinski definition) is 1. The monoisotopic (exact) mass is 360 g/mol. The van der Waals surface area contributed by atoms with E-state index in [1.165, 1.54) is 4.68 Å². The lowest BCUT2D eigenvalue weighted by Crippen LogP contribution is -2.47. The van der Waals surface area contributed by atoms with Gasteiger partial charge in [0.2, 0.25) is 0 Å². The zero-order valence-corrected chi connectivity index (χ0v) is 14.9. The van der Waals surface area contributed by atoms with Crippen molar-refractivity contribution >= 4 is 23.2 Å². The van der Waals surface area contributed by atoms with Gasteiger partial charge in [-0.3, -0.25) is 9.59 Å². The van der Waals surface area contributed by atoms with Crippen LogP contribution in [0, 0.1) is 0 Å². The first-order chi connectivity index (χ1) is 12.1. The number of aromatic nitrogens is 2. The molecule has 7 heteroatoms. The number of benzene rings is 1. The number of amides is 1. The van der Waals surface area contributed by atoms with Crippen LogP contribution >= 0.6 is 11.6 Å². The average Bonchev–Trinajstić information content (AvgIpc) is 2.65. The smallest absolute Gasteiger partial charge is 0.287 e. The molecule has 1 unspecified atom stereocenters. The Balaban J connectivity index is 1.75. The Morgan fingerprint density at radius 3 is 2.84 bits per heavy atom. The number of piperidine rings is 1. The van der Waals surface area contributed by atoms with Crippen LogP contribution < -0.4 is 15.8 Å². The molecule has 2 heterocycles. The van der Waals surface area contributed by atoms with Gasteiger partial charge in [0.1, 0.15) is 5.02 Å². The molecular weight excluding hydrogens is 340 g/mol. The van der Waals surface area contributed by atoms with Crippen molar-refractivity contribution in [3.8, 4) is 0 Å². The van der Waals surface area contributed by atoms with Gasteiger partial charge in [-0.2, -0.15) is 5.10 Å². The quantitative estimate of drug-likeness (QED) is 0.907. The lowest BCUT2D eigenvalue weighted by Gasteiger charge is -2.37. The van der Waals surface area contributed by atoms with Crippen molar-refractivity contribution in [2.45, 2.75) is 25.3 Å². The summed E-state index contributed by atoms with van der Waals surface area (Å²) in [6, 6.07) is 9.23. The van der Waals surface area contributed by atoms with Crippen LogP contribution in [0.5, 0.6) is 0 Å². The second kappa shape index (κ2) is 7.70. The van der Waals surface area contributed by atoms with Gasteiger partial charge in [-0.25, -0.2) is 4.68 Å². The fourth-order valence-corrected chi connectivity index (χ4v) is 3.41. The molecule has 25 heavy (non-hydrogen) atoms. The number of rotatable bonds is 4. The van der Waals surface area contributed by atoms with Crippen molar-refractivity contribution in [2.75, 3.05) is 18.0 Å². The number of anilines is 1. The van der Waals surface area contributed by atoms with E-state index in [0.717, 1.165) is 25.8 Å². The van der Waals surface area contributed by atoms with E-state index in [-0.39, 0.29) is 22.5 Å². The van der Waals surface area contributed by atoms with Gasteiger partial charge in [0.25, 0.3) is 11.5 Å². The van der Waals surface area contributed by atoms with Crippen molar-refractivity contribution < 1.29 is 4.79 Å². The standard InChI is InChI=1S/C18H21ClN4O2/c1-22-18(25)16(19)15(12-21-22)23-10-6-5-9-14(23)11-20-17(24)13-7-3-2-4-8-13/h2-4,7-8,12,14H,5-6,9-11H2,1H3,(H,20,24). The van der Waals surface area contributed by atoms with E-state index in [4.69, 9.17) is 11.6 Å². The van der Waals surface area contributed by atoms with E-state index in [0.29, 0.717) is 17.8 Å². The first kappa shape index (κ1) is 17.5. The van der Waals surface area contributed by atoms with Crippen LogP contribution in [-0.2, 0) is 7.05 Å². The number of aryl methyl sites for hydroxylation is 1. The maximum absolute atomic E-state index is 12.3. The van der Waals surface area contributed by atoms with Crippen LogP contribution in [0.3, 0.4) is 0 Å². The van der Waals surface area contributed by atoms with E-state index < -0.39 is 0 Å². The second-order valence-electron chi connectivity index (χ2n) is 6.19. The Kier molecular flexibility index (Phi) is 5.38. The number of halogens is 1. The SMILES string of the molecule is Cn1ncc(N2CCCCC2CNC(=O)c2ccccc2)c(Cl)c1=O. The molecule has 1 aliphatic rings. The minimum absolute atomic E-state index is 0.0906. The highest BCUT2D eigenvalue weighted by molar-refractivity contribution is 6.33. The van der Waals surface area contributed by atoms with Crippen molar-refractivity contribution in [1.82, 2.24) is 15.1 Å². The Bertz CT molecular complexity index is 806. The molecule has 132 valence electrons. The number of nitrogens with zero attached hydrogens (tertiary/aromatic N) is 3. The topological polar surface area (TPSA) is 67.2 Å². The largest absolute Gasteiger partial charge is 0.364 e. The van der Waals surface area contributed by atoms with Gasteiger partial charge in [-0.05, 0) is 31.4 Å². The molecule has 0 radical (unpaired) electrons. The summed E-state index contributed by atoms with van der Waals surface area (Å²) in [5.74, 6) is -0.0979. The maximum Gasteiger partial charge on any atom is 0.287 e. The fourth-order valence-electron chi connectivity index (χ4n) is 3.13. The van der Waals surface area contributed by atoms with Crippen LogP contribution in [0.15, 0.2) is 41.3 Å². The van der Waals surface area contributed by atoms with Crippen molar-refractivity contribution in [1.29, 1.82) is 0 Å². The normalized spacial score (nSPS) is 17.4. The molecule has 1 N–H and O–H groups in total. The summed E-state index contributed by atoms with van der Waals surface area (Å²) in [5, 5.41) is 7.25. The molecular formula is C18H21ClN4O2. The lowest BCUT2D eigenvalue weighted by atomic mass is 10.0. The van der Waals surface area contributed by atoms with E-state index >= 15 is 0 Å². The summed E-state index contributed by atoms with van der Waals surface area (Å²) in [7, 11) is 1.58. The summed E-state index contributed by atoms with van der Waals surface area (Å²) in [6.07, 6.45) is 4.66. The predicted molar refractivity (Wildman–Crippen MR) is 98.2 cm³/mol. The molecule has 1 atom stereocenters. The Morgan fingerprint density at radius 2 is 2.08 bits per heavy atom. The van der Waals surface area contributed by atoms with Gasteiger partial charge in [0, 0.05) is 31.7 Å². The van der Waals surface area contributed by atoms with Crippen LogP contribution in [0.1, 0.15) is 29.6 Å². The number of hydrogen-bond acceptors (Lipinski definition) is 4. The zero-order chi connectivity index (χ0) is 17.8. The van der Waals surface area contributed by atoms with Crippen molar-refractivity contribution in [2.24, 2.45) is 7.05 Å². The van der Waals surface area contributed by atoms with Crippen molar-refractivity contribution in [3.05, 3.63) is 57.5 Å². The first-order valence-electron chi connectivity index (χ1n) is 8.39. The highest BCUT2D eigenvalue weighted by Gasteiger charge is 2.26. The van der Waals surface area contributed by atoms with Crippen LogP contribution in [0.4, 0.5) is 5.69 Å². The van der Waals surface area contributed by atoms with Gasteiger partial charge in [-0.1, -0.05) is 29.8 Å². The molecule has 0 bridgehead atoms. The molecule has 0 saturated carbocycles. The highest BCUT2D eigenvalue weighted by Crippen LogP contribution is 2.28. The average molecular weight is 361 g/mol. The minimum Gasteiger partial charge on any atom is -0.364 e. The third-order valence-corrected chi connectivity index (χ3v) is 4.89. The molecule has 1 aliphatic heterocycles. The van der Waals surface area contributed by atoms with Crippen LogP contribution in [0.2, 0.25) is 5.02 Å². The molecule has 0 spiro atoms. The fraction of sp³-hybridized carbons (Fsp3) is 0.389. The molecule has 1 saturated heterocycles.